The van der Waals surface area contributed by atoms with Gasteiger partial charge in [0, 0.05) is 17.3 Å². The van der Waals surface area contributed by atoms with E-state index in [0.717, 1.165) is 51.8 Å². The summed E-state index contributed by atoms with van der Waals surface area (Å²) in [5, 5.41) is 0. The number of ether oxygens (including phenoxy) is 3. The van der Waals surface area contributed by atoms with Crippen molar-refractivity contribution in [3.05, 3.63) is 66.1 Å². The van der Waals surface area contributed by atoms with Crippen molar-refractivity contribution in [2.24, 2.45) is 5.92 Å². The molecule has 1 aliphatic heterocycles. The minimum absolute atomic E-state index is 0.0289. The zero-order chi connectivity index (χ0) is 23.1. The quantitative estimate of drug-likeness (QED) is 0.386. The lowest BCUT2D eigenvalue weighted by atomic mass is 10.1. The molecule has 6 rings (SSSR count). The molecule has 0 radical (unpaired) electrons. The van der Waals surface area contributed by atoms with Crippen LogP contribution in [0.2, 0.25) is 0 Å². The molecule has 7 nitrogen and oxygen atoms in total. The molecule has 0 amide bonds. The van der Waals surface area contributed by atoms with Gasteiger partial charge in [0.15, 0.2) is 5.82 Å². The summed E-state index contributed by atoms with van der Waals surface area (Å²) in [7, 11) is 0. The summed E-state index contributed by atoms with van der Waals surface area (Å²) in [6.07, 6.45) is 6.66. The molecule has 4 aromatic rings. The summed E-state index contributed by atoms with van der Waals surface area (Å²) in [5.41, 5.74) is 11.0. The normalized spacial score (nSPS) is 17.9. The highest BCUT2D eigenvalue weighted by Crippen LogP contribution is 2.41. The van der Waals surface area contributed by atoms with Gasteiger partial charge in [0.25, 0.3) is 0 Å². The van der Waals surface area contributed by atoms with Crippen molar-refractivity contribution in [3.63, 3.8) is 0 Å². The molecule has 1 atom stereocenters. The second kappa shape index (κ2) is 8.65. The number of hydrogen-bond acceptors (Lipinski definition) is 6. The number of fused-ring (bicyclic) bond motifs is 3. The zero-order valence-electron chi connectivity index (χ0n) is 19.2. The minimum Gasteiger partial charge on any atom is -0.493 e. The van der Waals surface area contributed by atoms with Crippen molar-refractivity contribution < 1.29 is 14.2 Å². The van der Waals surface area contributed by atoms with E-state index in [1.165, 1.54) is 32.0 Å². The smallest absolute Gasteiger partial charge is 0.151 e. The predicted octanol–water partition coefficient (Wildman–Crippen LogP) is 5.96. The predicted molar refractivity (Wildman–Crippen MR) is 130 cm³/mol. The van der Waals surface area contributed by atoms with Gasteiger partial charge in [0.2, 0.25) is 0 Å². The first-order valence-electron chi connectivity index (χ1n) is 11.9. The van der Waals surface area contributed by atoms with Gasteiger partial charge in [0.05, 0.1) is 25.0 Å². The van der Waals surface area contributed by atoms with Crippen molar-refractivity contribution in [1.29, 1.82) is 0 Å². The molecule has 1 fully saturated rings. The Balaban J connectivity index is 1.24. The van der Waals surface area contributed by atoms with Crippen LogP contribution >= 0.6 is 0 Å². The standard InChI is InChI=1S/C27H28N4O3/c1-17-24-23(15-32-17)31(26-25(24)29-16-30-27(26)28)19-9-11-20(12-10-19)34-22-8-4-7-21(13-22)33-14-18-5-2-3-6-18/h4,7-13,16-18H,2-3,5-6,14-15H2,1H3,(H2,28,29,30). The van der Waals surface area contributed by atoms with Crippen LogP contribution in [0.1, 0.15) is 50.0 Å². The van der Waals surface area contributed by atoms with Crippen molar-refractivity contribution >= 4 is 16.9 Å². The van der Waals surface area contributed by atoms with Gasteiger partial charge < -0.3 is 24.5 Å². The Kier molecular flexibility index (Phi) is 5.34. The first kappa shape index (κ1) is 21.0. The van der Waals surface area contributed by atoms with Gasteiger partial charge in [-0.2, -0.15) is 0 Å². The van der Waals surface area contributed by atoms with Crippen LogP contribution in [0, 0.1) is 5.92 Å². The van der Waals surface area contributed by atoms with Crippen LogP contribution in [0.25, 0.3) is 16.7 Å². The molecule has 0 spiro atoms. The highest BCUT2D eigenvalue weighted by atomic mass is 16.5. The van der Waals surface area contributed by atoms with Crippen molar-refractivity contribution in [2.45, 2.75) is 45.3 Å². The van der Waals surface area contributed by atoms with Crippen LogP contribution in [0.5, 0.6) is 17.2 Å². The van der Waals surface area contributed by atoms with Crippen LogP contribution in [-0.4, -0.2) is 21.1 Å². The Labute approximate surface area is 198 Å². The molecule has 2 aromatic heterocycles. The second-order valence-electron chi connectivity index (χ2n) is 9.14. The van der Waals surface area contributed by atoms with E-state index in [0.29, 0.717) is 18.3 Å². The first-order valence-corrected chi connectivity index (χ1v) is 11.9. The first-order chi connectivity index (χ1) is 16.7. The third kappa shape index (κ3) is 3.76. The van der Waals surface area contributed by atoms with Crippen LogP contribution in [0.15, 0.2) is 54.9 Å². The van der Waals surface area contributed by atoms with Gasteiger partial charge >= 0.3 is 0 Å². The van der Waals surface area contributed by atoms with E-state index in [2.05, 4.69) is 14.5 Å². The highest BCUT2D eigenvalue weighted by molar-refractivity contribution is 5.91. The minimum atomic E-state index is -0.0289. The number of hydrogen-bond donors (Lipinski definition) is 1. The lowest BCUT2D eigenvalue weighted by Crippen LogP contribution is -2.07. The van der Waals surface area contributed by atoms with Gasteiger partial charge in [-0.15, -0.1) is 0 Å². The maximum absolute atomic E-state index is 6.26. The van der Waals surface area contributed by atoms with Gasteiger partial charge in [-0.3, -0.25) is 0 Å². The Morgan fingerprint density at radius 2 is 1.82 bits per heavy atom. The number of nitrogens with zero attached hydrogens (tertiary/aromatic N) is 3. The molecule has 2 aromatic carbocycles. The molecule has 3 heterocycles. The average Bonchev–Trinajstić information content (AvgIpc) is 3.57. The fourth-order valence-corrected chi connectivity index (χ4v) is 5.16. The molecular formula is C27H28N4O3. The van der Waals surface area contributed by atoms with Crippen molar-refractivity contribution in [3.8, 4) is 22.9 Å². The molecule has 2 aliphatic rings. The average molecular weight is 457 g/mol. The number of nitrogen functional groups attached to an aromatic ring is 1. The van der Waals surface area contributed by atoms with Crippen molar-refractivity contribution in [2.75, 3.05) is 12.3 Å². The highest BCUT2D eigenvalue weighted by Gasteiger charge is 2.30. The van der Waals surface area contributed by atoms with E-state index >= 15 is 0 Å². The van der Waals surface area contributed by atoms with Gasteiger partial charge in [0.1, 0.15) is 34.6 Å². The summed E-state index contributed by atoms with van der Waals surface area (Å²) in [5.74, 6) is 3.49. The summed E-state index contributed by atoms with van der Waals surface area (Å²) in [6, 6.07) is 15.8. The maximum Gasteiger partial charge on any atom is 0.151 e. The summed E-state index contributed by atoms with van der Waals surface area (Å²) < 4.78 is 20.1. The van der Waals surface area contributed by atoms with Gasteiger partial charge in [-0.1, -0.05) is 18.9 Å². The van der Waals surface area contributed by atoms with Gasteiger partial charge in [-0.25, -0.2) is 9.97 Å². The van der Waals surface area contributed by atoms with Crippen LogP contribution in [0.3, 0.4) is 0 Å². The molecule has 34 heavy (non-hydrogen) atoms. The molecule has 7 heteroatoms. The number of nitrogens with two attached hydrogens (primary N) is 1. The topological polar surface area (TPSA) is 84.4 Å². The van der Waals surface area contributed by atoms with Crippen LogP contribution < -0.4 is 15.2 Å². The Hall–Kier alpha value is -3.58. The fourth-order valence-electron chi connectivity index (χ4n) is 5.16. The van der Waals surface area contributed by atoms with E-state index in [-0.39, 0.29) is 6.10 Å². The largest absolute Gasteiger partial charge is 0.493 e. The van der Waals surface area contributed by atoms with Crippen LogP contribution in [0.4, 0.5) is 5.82 Å². The summed E-state index contributed by atoms with van der Waals surface area (Å²) in [6.45, 7) is 3.33. The second-order valence-corrected chi connectivity index (χ2v) is 9.14. The third-order valence-corrected chi connectivity index (χ3v) is 6.88. The lowest BCUT2D eigenvalue weighted by Gasteiger charge is -2.13. The Morgan fingerprint density at radius 3 is 2.65 bits per heavy atom. The Morgan fingerprint density at radius 1 is 1.03 bits per heavy atom. The molecule has 1 unspecified atom stereocenters. The van der Waals surface area contributed by atoms with E-state index in [4.69, 9.17) is 19.9 Å². The lowest BCUT2D eigenvalue weighted by molar-refractivity contribution is 0.0783. The molecule has 174 valence electrons. The van der Waals surface area contributed by atoms with E-state index in [1.807, 2.05) is 55.5 Å². The Bertz CT molecular complexity index is 1330. The van der Waals surface area contributed by atoms with Crippen LogP contribution in [-0.2, 0) is 11.3 Å². The van der Waals surface area contributed by atoms with E-state index in [9.17, 15) is 0 Å². The summed E-state index contributed by atoms with van der Waals surface area (Å²) >= 11 is 0. The number of benzene rings is 2. The molecule has 2 N–H and O–H groups in total. The molecule has 1 saturated carbocycles. The number of anilines is 1. The molecule has 0 bridgehead atoms. The maximum atomic E-state index is 6.26. The number of rotatable bonds is 6. The summed E-state index contributed by atoms with van der Waals surface area (Å²) in [4.78, 5) is 8.73. The van der Waals surface area contributed by atoms with E-state index in [1.54, 1.807) is 0 Å². The zero-order valence-corrected chi connectivity index (χ0v) is 19.2. The molecule has 1 aliphatic carbocycles. The van der Waals surface area contributed by atoms with Crippen molar-refractivity contribution in [1.82, 2.24) is 14.5 Å². The number of aromatic nitrogens is 3. The molecule has 0 saturated heterocycles. The third-order valence-electron chi connectivity index (χ3n) is 6.88. The van der Waals surface area contributed by atoms with Gasteiger partial charge in [-0.05, 0) is 62.1 Å². The SMILES string of the molecule is CC1OCc2c1c1ncnc(N)c1n2-c1ccc(Oc2cccc(OCC3CCCC3)c2)cc1. The fraction of sp³-hybridized carbons (Fsp3) is 0.333. The molecular weight excluding hydrogens is 428 g/mol. The monoisotopic (exact) mass is 456 g/mol. The van der Waals surface area contributed by atoms with E-state index < -0.39 is 0 Å².